The molecule has 3 heterocycles. The lowest BCUT2D eigenvalue weighted by Gasteiger charge is -2.33. The zero-order valence-electron chi connectivity index (χ0n) is 17.5. The van der Waals surface area contributed by atoms with Crippen LogP contribution in [0.4, 0.5) is 0 Å². The maximum absolute atomic E-state index is 13.0. The number of piperazine rings is 1. The van der Waals surface area contributed by atoms with Crippen LogP contribution in [0.2, 0.25) is 0 Å². The van der Waals surface area contributed by atoms with E-state index in [1.165, 1.54) is 43.8 Å². The van der Waals surface area contributed by atoms with Crippen molar-refractivity contribution in [2.24, 2.45) is 0 Å². The molecule has 0 spiro atoms. The fourth-order valence-electron chi connectivity index (χ4n) is 3.62. The predicted octanol–water partition coefficient (Wildman–Crippen LogP) is 0.151. The first-order valence-corrected chi connectivity index (χ1v) is 13.0. The van der Waals surface area contributed by atoms with Gasteiger partial charge in [-0.1, -0.05) is 5.16 Å². The van der Waals surface area contributed by atoms with E-state index in [-0.39, 0.29) is 60.7 Å². The van der Waals surface area contributed by atoms with Gasteiger partial charge in [-0.3, -0.25) is 4.79 Å². The molecule has 2 saturated heterocycles. The topological polar surface area (TPSA) is 130 Å². The minimum absolute atomic E-state index is 0.00376. The van der Waals surface area contributed by atoms with Crippen LogP contribution in [0.1, 0.15) is 16.2 Å². The van der Waals surface area contributed by atoms with Gasteiger partial charge in [0.25, 0.3) is 5.91 Å². The second-order valence-electron chi connectivity index (χ2n) is 7.52. The van der Waals surface area contributed by atoms with Crippen molar-refractivity contribution in [2.75, 3.05) is 52.5 Å². The molecule has 4 rings (SSSR count). The summed E-state index contributed by atoms with van der Waals surface area (Å²) in [7, 11) is -7.53. The molecular weight excluding hydrogens is 460 g/mol. The number of aromatic nitrogens is 1. The first kappa shape index (κ1) is 22.9. The van der Waals surface area contributed by atoms with Gasteiger partial charge in [0.2, 0.25) is 25.8 Å². The molecule has 2 aliphatic rings. The maximum Gasteiger partial charge on any atom is 0.292 e. The van der Waals surface area contributed by atoms with Crippen molar-refractivity contribution >= 4 is 26.0 Å². The second kappa shape index (κ2) is 8.90. The zero-order valence-corrected chi connectivity index (χ0v) is 19.1. The Hall–Kier alpha value is -2.32. The smallest absolute Gasteiger partial charge is 0.292 e. The van der Waals surface area contributed by atoms with Gasteiger partial charge in [0.1, 0.15) is 0 Å². The van der Waals surface area contributed by atoms with Gasteiger partial charge < -0.3 is 14.2 Å². The predicted molar refractivity (Wildman–Crippen MR) is 112 cm³/mol. The Bertz CT molecular complexity index is 1180. The minimum atomic E-state index is -3.83. The number of morpholine rings is 1. The molecule has 1 aromatic heterocycles. The summed E-state index contributed by atoms with van der Waals surface area (Å²) in [5.74, 6) is -0.212. The van der Waals surface area contributed by atoms with E-state index >= 15 is 0 Å². The van der Waals surface area contributed by atoms with E-state index in [2.05, 4.69) is 5.16 Å². The highest BCUT2D eigenvalue weighted by Gasteiger charge is 2.32. The largest absolute Gasteiger partial charge is 0.379 e. The summed E-state index contributed by atoms with van der Waals surface area (Å²) in [5.41, 5.74) is 0.591. The molecule has 1 aromatic carbocycles. The lowest BCUT2D eigenvalue weighted by molar-refractivity contribution is 0.0656. The maximum atomic E-state index is 13.0. The van der Waals surface area contributed by atoms with Gasteiger partial charge >= 0.3 is 0 Å². The quantitative estimate of drug-likeness (QED) is 0.586. The van der Waals surface area contributed by atoms with Crippen LogP contribution >= 0.6 is 0 Å². The Labute approximate surface area is 186 Å². The highest BCUT2D eigenvalue weighted by atomic mass is 32.2. The number of hydrogen-bond donors (Lipinski definition) is 0. The van der Waals surface area contributed by atoms with Crippen LogP contribution in [-0.4, -0.2) is 93.9 Å². The molecule has 2 aromatic rings. The lowest BCUT2D eigenvalue weighted by atomic mass is 10.3. The van der Waals surface area contributed by atoms with Crippen LogP contribution in [0.3, 0.4) is 0 Å². The Morgan fingerprint density at radius 1 is 0.844 bits per heavy atom. The molecule has 13 heteroatoms. The minimum Gasteiger partial charge on any atom is -0.379 e. The summed E-state index contributed by atoms with van der Waals surface area (Å²) < 4.78 is 64.3. The van der Waals surface area contributed by atoms with E-state index in [4.69, 9.17) is 9.26 Å². The number of carbonyl (C=O) groups excluding carboxylic acids is 1. The average Bonchev–Trinajstić information content (AvgIpc) is 3.25. The van der Waals surface area contributed by atoms with Gasteiger partial charge in [-0.2, -0.15) is 8.61 Å². The number of aryl methyl sites for hydroxylation is 1. The SMILES string of the molecule is Cc1cc(C(=O)N2CCN(S(=O)(=O)c3ccc(S(=O)(=O)N4CCOCC4)cc3)CC2)on1. The summed E-state index contributed by atoms with van der Waals surface area (Å²) >= 11 is 0. The summed E-state index contributed by atoms with van der Waals surface area (Å²) in [4.78, 5) is 14.0. The van der Waals surface area contributed by atoms with E-state index < -0.39 is 20.0 Å². The average molecular weight is 485 g/mol. The monoisotopic (exact) mass is 484 g/mol. The lowest BCUT2D eigenvalue weighted by Crippen LogP contribution is -2.50. The summed E-state index contributed by atoms with van der Waals surface area (Å²) in [6.45, 7) is 3.55. The van der Waals surface area contributed by atoms with Crippen molar-refractivity contribution in [3.05, 3.63) is 41.8 Å². The summed E-state index contributed by atoms with van der Waals surface area (Å²) in [5, 5.41) is 3.70. The molecule has 0 unspecified atom stereocenters. The Balaban J connectivity index is 1.43. The molecule has 0 atom stereocenters. The van der Waals surface area contributed by atoms with Gasteiger partial charge in [0.05, 0.1) is 28.7 Å². The standard InChI is InChI=1S/C19H24N4O7S2/c1-15-14-18(30-20-15)19(24)21-6-8-22(9-7-21)31(25,26)16-2-4-17(5-3-16)32(27,28)23-10-12-29-13-11-23/h2-5,14H,6-13H2,1H3. The van der Waals surface area contributed by atoms with Crippen molar-refractivity contribution in [3.63, 3.8) is 0 Å². The molecule has 1 amide bonds. The van der Waals surface area contributed by atoms with Crippen molar-refractivity contribution < 1.29 is 30.9 Å². The molecule has 0 radical (unpaired) electrons. The van der Waals surface area contributed by atoms with Crippen LogP contribution in [0.5, 0.6) is 0 Å². The first-order valence-electron chi connectivity index (χ1n) is 10.1. The number of amides is 1. The highest BCUT2D eigenvalue weighted by molar-refractivity contribution is 7.89. The van der Waals surface area contributed by atoms with Gasteiger partial charge in [-0.05, 0) is 31.2 Å². The van der Waals surface area contributed by atoms with Crippen molar-refractivity contribution in [3.8, 4) is 0 Å². The first-order chi connectivity index (χ1) is 15.2. The van der Waals surface area contributed by atoms with E-state index in [1.807, 2.05) is 0 Å². The number of benzene rings is 1. The van der Waals surface area contributed by atoms with Crippen LogP contribution in [0, 0.1) is 6.92 Å². The fourth-order valence-corrected chi connectivity index (χ4v) is 6.45. The molecule has 2 aliphatic heterocycles. The Morgan fingerprint density at radius 2 is 1.34 bits per heavy atom. The summed E-state index contributed by atoms with van der Waals surface area (Å²) in [6, 6.07) is 6.76. The van der Waals surface area contributed by atoms with E-state index in [0.29, 0.717) is 18.9 Å². The van der Waals surface area contributed by atoms with E-state index in [9.17, 15) is 21.6 Å². The zero-order chi connectivity index (χ0) is 22.9. The molecule has 0 saturated carbocycles. The number of carbonyl (C=O) groups is 1. The number of sulfonamides is 2. The fraction of sp³-hybridized carbons (Fsp3) is 0.474. The Kier molecular flexibility index (Phi) is 6.36. The molecule has 0 N–H and O–H groups in total. The van der Waals surface area contributed by atoms with E-state index in [0.717, 1.165) is 0 Å². The third kappa shape index (κ3) is 4.43. The van der Waals surface area contributed by atoms with Gasteiger partial charge in [-0.15, -0.1) is 0 Å². The van der Waals surface area contributed by atoms with Crippen LogP contribution in [0.15, 0.2) is 44.6 Å². The van der Waals surface area contributed by atoms with Crippen LogP contribution < -0.4 is 0 Å². The molecule has 11 nitrogen and oxygen atoms in total. The molecule has 0 aliphatic carbocycles. The molecule has 32 heavy (non-hydrogen) atoms. The normalized spacial score (nSPS) is 19.2. The van der Waals surface area contributed by atoms with Gasteiger partial charge in [-0.25, -0.2) is 16.8 Å². The third-order valence-corrected chi connectivity index (χ3v) is 9.26. The number of nitrogens with zero attached hydrogens (tertiary/aromatic N) is 4. The van der Waals surface area contributed by atoms with Crippen molar-refractivity contribution in [2.45, 2.75) is 16.7 Å². The third-order valence-electron chi connectivity index (χ3n) is 5.43. The number of hydrogen-bond acceptors (Lipinski definition) is 8. The molecular formula is C19H24N4O7S2. The Morgan fingerprint density at radius 3 is 1.81 bits per heavy atom. The van der Waals surface area contributed by atoms with Crippen molar-refractivity contribution in [1.82, 2.24) is 18.7 Å². The molecule has 0 bridgehead atoms. The second-order valence-corrected chi connectivity index (χ2v) is 11.4. The number of rotatable bonds is 5. The van der Waals surface area contributed by atoms with Gasteiger partial charge in [0, 0.05) is 45.3 Å². The number of ether oxygens (including phenoxy) is 1. The molecule has 174 valence electrons. The van der Waals surface area contributed by atoms with E-state index in [1.54, 1.807) is 6.92 Å². The van der Waals surface area contributed by atoms with Crippen LogP contribution in [0.25, 0.3) is 0 Å². The highest BCUT2D eigenvalue weighted by Crippen LogP contribution is 2.23. The van der Waals surface area contributed by atoms with Crippen LogP contribution in [-0.2, 0) is 24.8 Å². The van der Waals surface area contributed by atoms with Gasteiger partial charge in [0.15, 0.2) is 0 Å². The summed E-state index contributed by atoms with van der Waals surface area (Å²) in [6.07, 6.45) is 0. The van der Waals surface area contributed by atoms with Crippen molar-refractivity contribution in [1.29, 1.82) is 0 Å². The molecule has 2 fully saturated rings.